The molecule has 0 aliphatic rings. The molecule has 1 rings (SSSR count). The first-order chi connectivity index (χ1) is 7.22. The molecule has 0 aromatic heterocycles. The van der Waals surface area contributed by atoms with Gasteiger partial charge in [0, 0.05) is 0 Å². The van der Waals surface area contributed by atoms with Crippen LogP contribution in [-0.2, 0) is 14.3 Å². The van der Waals surface area contributed by atoms with E-state index in [0.29, 0.717) is 13.1 Å². The van der Waals surface area contributed by atoms with Crippen molar-refractivity contribution >= 4 is 12.9 Å². The summed E-state index contributed by atoms with van der Waals surface area (Å²) in [6.07, 6.45) is 0. The quantitative estimate of drug-likeness (QED) is 0.760. The van der Waals surface area contributed by atoms with Crippen LogP contribution < -0.4 is 0 Å². The molecule has 84 valence electrons. The molecule has 0 amide bonds. The molecule has 0 heterocycles. The van der Waals surface area contributed by atoms with Crippen LogP contribution in [0.1, 0.15) is 12.5 Å². The van der Waals surface area contributed by atoms with Crippen LogP contribution in [0.5, 0.6) is 0 Å². The fourth-order valence-electron chi connectivity index (χ4n) is 0.602. The zero-order valence-electron chi connectivity index (χ0n) is 8.92. The highest BCUT2D eigenvalue weighted by atomic mass is 16.5. The van der Waals surface area contributed by atoms with Gasteiger partial charge in [-0.25, -0.2) is 0 Å². The molecule has 0 radical (unpaired) electrons. The summed E-state index contributed by atoms with van der Waals surface area (Å²) in [5.74, 6) is 0. The maximum absolute atomic E-state index is 9.18. The van der Waals surface area contributed by atoms with Crippen molar-refractivity contribution in [2.24, 2.45) is 0 Å². The summed E-state index contributed by atoms with van der Waals surface area (Å²) in [6.45, 7) is 4.50. The number of carbonyl (C=O) groups excluding carboxylic acids is 1. The zero-order valence-corrected chi connectivity index (χ0v) is 8.92. The highest BCUT2D eigenvalue weighted by molar-refractivity contribution is 5.36. The Balaban J connectivity index is 0. The highest BCUT2D eigenvalue weighted by Crippen LogP contribution is 1.92. The van der Waals surface area contributed by atoms with E-state index in [9.17, 15) is 4.79 Å². The summed E-state index contributed by atoms with van der Waals surface area (Å²) in [5.41, 5.74) is 1.32. The molecular formula is C11H16O4. The molecule has 0 unspecified atom stereocenters. The van der Waals surface area contributed by atoms with Gasteiger partial charge in [0.15, 0.2) is 0 Å². The first-order valence-corrected chi connectivity index (χ1v) is 4.37. The lowest BCUT2D eigenvalue weighted by Crippen LogP contribution is -1.80. The Hall–Kier alpha value is -1.84. The third-order valence-corrected chi connectivity index (χ3v) is 1.18. The number of hydrogen-bond donors (Lipinski definition) is 1. The molecule has 0 aliphatic heterocycles. The summed E-state index contributed by atoms with van der Waals surface area (Å²) in [7, 11) is 0. The summed E-state index contributed by atoms with van der Waals surface area (Å²) in [6, 6.07) is 10.3. The molecule has 1 aromatic carbocycles. The van der Waals surface area contributed by atoms with Crippen molar-refractivity contribution in [3.05, 3.63) is 35.9 Å². The molecule has 1 aromatic rings. The maximum atomic E-state index is 9.18. The molecule has 0 atom stereocenters. The van der Waals surface area contributed by atoms with Crippen molar-refractivity contribution in [3.63, 3.8) is 0 Å². The van der Waals surface area contributed by atoms with Crippen molar-refractivity contribution in [1.29, 1.82) is 0 Å². The van der Waals surface area contributed by atoms with Gasteiger partial charge < -0.3 is 9.84 Å². The number of hydrogen-bond acceptors (Lipinski definition) is 3. The van der Waals surface area contributed by atoms with Gasteiger partial charge in [-0.3, -0.25) is 9.59 Å². The monoisotopic (exact) mass is 212 g/mol. The molecule has 0 saturated heterocycles. The van der Waals surface area contributed by atoms with E-state index in [1.165, 1.54) is 5.56 Å². The summed E-state index contributed by atoms with van der Waals surface area (Å²) < 4.78 is 4.15. The van der Waals surface area contributed by atoms with Crippen LogP contribution in [0, 0.1) is 6.92 Å². The molecule has 0 bridgehead atoms. The summed E-state index contributed by atoms with van der Waals surface area (Å²) >= 11 is 0. The van der Waals surface area contributed by atoms with Crippen LogP contribution in [0.15, 0.2) is 30.3 Å². The van der Waals surface area contributed by atoms with E-state index in [-0.39, 0.29) is 6.47 Å². The molecule has 0 aliphatic carbocycles. The first-order valence-electron chi connectivity index (χ1n) is 4.37. The Bertz CT molecular complexity index is 234. The van der Waals surface area contributed by atoms with Gasteiger partial charge in [-0.05, 0) is 13.8 Å². The standard InChI is InChI=1S/C7H8.C3H6O2.CH2O2/c1-7-5-3-2-4-6-7;1-2-5-3-4;2-1-3/h2-6H,1H3;3H,2H2,1H3;1H,(H,2,3). The molecule has 15 heavy (non-hydrogen) atoms. The smallest absolute Gasteiger partial charge is 0.293 e. The van der Waals surface area contributed by atoms with Crippen LogP contribution in [0.25, 0.3) is 0 Å². The van der Waals surface area contributed by atoms with Gasteiger partial charge in [-0.2, -0.15) is 0 Å². The minimum Gasteiger partial charge on any atom is -0.483 e. The average Bonchev–Trinajstić information content (AvgIpc) is 2.22. The van der Waals surface area contributed by atoms with Crippen LogP contribution in [0.4, 0.5) is 0 Å². The van der Waals surface area contributed by atoms with Crippen molar-refractivity contribution in [2.45, 2.75) is 13.8 Å². The van der Waals surface area contributed by atoms with Crippen molar-refractivity contribution in [1.82, 2.24) is 0 Å². The van der Waals surface area contributed by atoms with Crippen LogP contribution in [0.2, 0.25) is 0 Å². The second kappa shape index (κ2) is 14.7. The van der Waals surface area contributed by atoms with Crippen LogP contribution >= 0.6 is 0 Å². The van der Waals surface area contributed by atoms with E-state index < -0.39 is 0 Å². The number of rotatable bonds is 2. The second-order valence-electron chi connectivity index (χ2n) is 2.31. The lowest BCUT2D eigenvalue weighted by molar-refractivity contribution is -0.128. The molecule has 4 heteroatoms. The molecule has 0 saturated carbocycles. The summed E-state index contributed by atoms with van der Waals surface area (Å²) in [5, 5.41) is 6.89. The van der Waals surface area contributed by atoms with E-state index in [2.05, 4.69) is 23.8 Å². The number of carbonyl (C=O) groups is 2. The normalized spacial score (nSPS) is 7.07. The van der Waals surface area contributed by atoms with Gasteiger partial charge in [-0.1, -0.05) is 35.9 Å². The molecule has 4 nitrogen and oxygen atoms in total. The molecular weight excluding hydrogens is 196 g/mol. The van der Waals surface area contributed by atoms with Gasteiger partial charge in [0.2, 0.25) is 0 Å². The third-order valence-electron chi connectivity index (χ3n) is 1.18. The van der Waals surface area contributed by atoms with Crippen molar-refractivity contribution < 1.29 is 19.4 Å². The number of carboxylic acid groups (broad SMARTS) is 1. The van der Waals surface area contributed by atoms with Crippen LogP contribution in [0.3, 0.4) is 0 Å². The Morgan fingerprint density at radius 1 is 1.27 bits per heavy atom. The van der Waals surface area contributed by atoms with Gasteiger partial charge >= 0.3 is 0 Å². The zero-order chi connectivity index (χ0) is 11.9. The predicted octanol–water partition coefficient (Wildman–Crippen LogP) is 1.88. The van der Waals surface area contributed by atoms with E-state index in [1.54, 1.807) is 6.92 Å². The topological polar surface area (TPSA) is 63.6 Å². The fraction of sp³-hybridized carbons (Fsp3) is 0.273. The lowest BCUT2D eigenvalue weighted by Gasteiger charge is -1.82. The Morgan fingerprint density at radius 3 is 1.87 bits per heavy atom. The van der Waals surface area contributed by atoms with E-state index in [4.69, 9.17) is 9.90 Å². The highest BCUT2D eigenvalue weighted by Gasteiger charge is 1.72. The molecule has 0 spiro atoms. The van der Waals surface area contributed by atoms with Gasteiger partial charge in [0.05, 0.1) is 6.61 Å². The molecule has 0 fully saturated rings. The second-order valence-corrected chi connectivity index (χ2v) is 2.31. The van der Waals surface area contributed by atoms with E-state index in [1.807, 2.05) is 18.2 Å². The number of aryl methyl sites for hydroxylation is 1. The maximum Gasteiger partial charge on any atom is 0.293 e. The largest absolute Gasteiger partial charge is 0.483 e. The lowest BCUT2D eigenvalue weighted by atomic mass is 10.2. The predicted molar refractivity (Wildman–Crippen MR) is 57.6 cm³/mol. The number of ether oxygens (including phenoxy) is 1. The third kappa shape index (κ3) is 18.9. The van der Waals surface area contributed by atoms with Gasteiger partial charge in [0.25, 0.3) is 12.9 Å². The van der Waals surface area contributed by atoms with E-state index >= 15 is 0 Å². The summed E-state index contributed by atoms with van der Waals surface area (Å²) in [4.78, 5) is 17.5. The first kappa shape index (κ1) is 15.6. The van der Waals surface area contributed by atoms with Gasteiger partial charge in [0.1, 0.15) is 0 Å². The molecule has 1 N–H and O–H groups in total. The Kier molecular flexibility index (Phi) is 15.3. The van der Waals surface area contributed by atoms with Crippen molar-refractivity contribution in [2.75, 3.05) is 6.61 Å². The SMILES string of the molecule is CCOC=O.Cc1ccccc1.O=CO. The average molecular weight is 212 g/mol. The Labute approximate surface area is 89.5 Å². The fourth-order valence-corrected chi connectivity index (χ4v) is 0.602. The van der Waals surface area contributed by atoms with E-state index in [0.717, 1.165) is 0 Å². The van der Waals surface area contributed by atoms with Crippen LogP contribution in [-0.4, -0.2) is 24.7 Å². The number of benzene rings is 1. The minimum atomic E-state index is -0.250. The Morgan fingerprint density at radius 2 is 1.73 bits per heavy atom. The van der Waals surface area contributed by atoms with Gasteiger partial charge in [-0.15, -0.1) is 0 Å². The minimum absolute atomic E-state index is 0.250. The van der Waals surface area contributed by atoms with Crippen molar-refractivity contribution in [3.8, 4) is 0 Å².